The van der Waals surface area contributed by atoms with Gasteiger partial charge in [0, 0.05) is 12.0 Å². The molecule has 0 radical (unpaired) electrons. The molecule has 2 nitrogen and oxygen atoms in total. The van der Waals surface area contributed by atoms with Gasteiger partial charge in [-0.2, -0.15) is 0 Å². The fourth-order valence-electron chi connectivity index (χ4n) is 3.08. The predicted octanol–water partition coefficient (Wildman–Crippen LogP) is 2.22. The molecule has 1 aromatic carbocycles. The summed E-state index contributed by atoms with van der Waals surface area (Å²) in [6.07, 6.45) is 5.93. The third kappa shape index (κ3) is 1.90. The SMILES string of the molecule is OCCC1(c2ccc3c(c2)CCCC3)COC1. The Balaban J connectivity index is 1.92. The highest BCUT2D eigenvalue weighted by Gasteiger charge is 2.39. The zero-order valence-corrected chi connectivity index (χ0v) is 10.2. The van der Waals surface area contributed by atoms with E-state index in [-0.39, 0.29) is 12.0 Å². The monoisotopic (exact) mass is 232 g/mol. The fourth-order valence-corrected chi connectivity index (χ4v) is 3.08. The summed E-state index contributed by atoms with van der Waals surface area (Å²) in [5.41, 5.74) is 4.53. The summed E-state index contributed by atoms with van der Waals surface area (Å²) in [4.78, 5) is 0. The van der Waals surface area contributed by atoms with Crippen LogP contribution in [-0.2, 0) is 23.0 Å². The van der Waals surface area contributed by atoms with Crippen molar-refractivity contribution in [1.82, 2.24) is 0 Å². The molecule has 1 heterocycles. The van der Waals surface area contributed by atoms with Crippen LogP contribution < -0.4 is 0 Å². The molecule has 0 saturated carbocycles. The highest BCUT2D eigenvalue weighted by atomic mass is 16.5. The standard InChI is InChI=1S/C15H20O2/c16-8-7-15(10-17-11-15)14-6-5-12-3-1-2-4-13(12)9-14/h5-6,9,16H,1-4,7-8,10-11H2. The Kier molecular flexibility index (Phi) is 2.93. The molecule has 3 rings (SSSR count). The zero-order chi connectivity index (χ0) is 11.7. The van der Waals surface area contributed by atoms with Crippen LogP contribution in [0, 0.1) is 0 Å². The number of hydrogen-bond acceptors (Lipinski definition) is 2. The average Bonchev–Trinajstić information content (AvgIpc) is 2.33. The van der Waals surface area contributed by atoms with Crippen molar-refractivity contribution in [3.05, 3.63) is 34.9 Å². The molecule has 1 aromatic rings. The number of ether oxygens (including phenoxy) is 1. The van der Waals surface area contributed by atoms with E-state index in [1.807, 2.05) is 0 Å². The maximum atomic E-state index is 9.21. The van der Waals surface area contributed by atoms with Crippen LogP contribution in [0.15, 0.2) is 18.2 Å². The zero-order valence-electron chi connectivity index (χ0n) is 10.2. The van der Waals surface area contributed by atoms with Gasteiger partial charge in [-0.1, -0.05) is 18.2 Å². The lowest BCUT2D eigenvalue weighted by Crippen LogP contribution is -2.47. The minimum absolute atomic E-state index is 0.0984. The number of rotatable bonds is 3. The van der Waals surface area contributed by atoms with E-state index in [2.05, 4.69) is 18.2 Å². The lowest BCUT2D eigenvalue weighted by atomic mass is 9.74. The van der Waals surface area contributed by atoms with Crippen LogP contribution in [0.2, 0.25) is 0 Å². The van der Waals surface area contributed by atoms with Gasteiger partial charge in [0.05, 0.1) is 13.2 Å². The third-order valence-electron chi connectivity index (χ3n) is 4.31. The maximum Gasteiger partial charge on any atom is 0.0586 e. The molecule has 92 valence electrons. The van der Waals surface area contributed by atoms with Gasteiger partial charge >= 0.3 is 0 Å². The molecule has 0 atom stereocenters. The van der Waals surface area contributed by atoms with Crippen LogP contribution >= 0.6 is 0 Å². The quantitative estimate of drug-likeness (QED) is 0.866. The first-order valence-electron chi connectivity index (χ1n) is 6.65. The summed E-state index contributed by atoms with van der Waals surface area (Å²) in [7, 11) is 0. The number of aryl methyl sites for hydroxylation is 2. The van der Waals surface area contributed by atoms with E-state index >= 15 is 0 Å². The molecule has 1 fully saturated rings. The van der Waals surface area contributed by atoms with E-state index in [4.69, 9.17) is 4.74 Å². The molecule has 17 heavy (non-hydrogen) atoms. The van der Waals surface area contributed by atoms with Crippen molar-refractivity contribution in [1.29, 1.82) is 0 Å². The summed E-state index contributed by atoms with van der Waals surface area (Å²) in [5.74, 6) is 0. The molecule has 0 spiro atoms. The predicted molar refractivity (Wildman–Crippen MR) is 67.3 cm³/mol. The Morgan fingerprint density at radius 3 is 2.53 bits per heavy atom. The van der Waals surface area contributed by atoms with Crippen molar-refractivity contribution >= 4 is 0 Å². The Hall–Kier alpha value is -0.860. The Morgan fingerprint density at radius 2 is 1.88 bits per heavy atom. The molecule has 1 saturated heterocycles. The average molecular weight is 232 g/mol. The second-order valence-corrected chi connectivity index (χ2v) is 5.44. The van der Waals surface area contributed by atoms with Gasteiger partial charge in [0.25, 0.3) is 0 Å². The topological polar surface area (TPSA) is 29.5 Å². The normalized spacial score (nSPS) is 21.7. The van der Waals surface area contributed by atoms with Gasteiger partial charge in [-0.05, 0) is 48.8 Å². The van der Waals surface area contributed by atoms with Crippen molar-refractivity contribution in [2.75, 3.05) is 19.8 Å². The first-order valence-corrected chi connectivity index (χ1v) is 6.65. The van der Waals surface area contributed by atoms with E-state index in [0.717, 1.165) is 19.6 Å². The first kappa shape index (κ1) is 11.2. The molecule has 1 aliphatic carbocycles. The van der Waals surface area contributed by atoms with E-state index in [1.165, 1.54) is 42.4 Å². The Bertz CT molecular complexity index is 407. The largest absolute Gasteiger partial charge is 0.396 e. The van der Waals surface area contributed by atoms with E-state index < -0.39 is 0 Å². The van der Waals surface area contributed by atoms with Gasteiger partial charge < -0.3 is 9.84 Å². The fraction of sp³-hybridized carbons (Fsp3) is 0.600. The number of fused-ring (bicyclic) bond motifs is 1. The number of aliphatic hydroxyl groups is 1. The van der Waals surface area contributed by atoms with Gasteiger partial charge in [0.2, 0.25) is 0 Å². The van der Waals surface area contributed by atoms with Crippen molar-refractivity contribution in [3.8, 4) is 0 Å². The first-order chi connectivity index (χ1) is 8.34. The summed E-state index contributed by atoms with van der Waals surface area (Å²) < 4.78 is 5.38. The van der Waals surface area contributed by atoms with Crippen LogP contribution in [0.3, 0.4) is 0 Å². The van der Waals surface area contributed by atoms with Crippen molar-refractivity contribution in [3.63, 3.8) is 0 Å². The molecule has 0 bridgehead atoms. The van der Waals surface area contributed by atoms with Crippen molar-refractivity contribution < 1.29 is 9.84 Å². The molecule has 1 aliphatic heterocycles. The van der Waals surface area contributed by atoms with Crippen LogP contribution in [0.4, 0.5) is 0 Å². The van der Waals surface area contributed by atoms with Gasteiger partial charge in [-0.15, -0.1) is 0 Å². The van der Waals surface area contributed by atoms with Crippen molar-refractivity contribution in [2.24, 2.45) is 0 Å². The Morgan fingerprint density at radius 1 is 1.12 bits per heavy atom. The van der Waals surface area contributed by atoms with Gasteiger partial charge in [0.1, 0.15) is 0 Å². The van der Waals surface area contributed by atoms with Gasteiger partial charge in [0.15, 0.2) is 0 Å². The molecule has 2 heteroatoms. The maximum absolute atomic E-state index is 9.21. The summed E-state index contributed by atoms with van der Waals surface area (Å²) >= 11 is 0. The van der Waals surface area contributed by atoms with Gasteiger partial charge in [-0.3, -0.25) is 0 Å². The second-order valence-electron chi connectivity index (χ2n) is 5.44. The minimum Gasteiger partial charge on any atom is -0.396 e. The molecular weight excluding hydrogens is 212 g/mol. The molecule has 0 aromatic heterocycles. The molecule has 2 aliphatic rings. The molecule has 0 amide bonds. The minimum atomic E-state index is 0.0984. The molecule has 0 unspecified atom stereocenters. The van der Waals surface area contributed by atoms with Crippen LogP contribution in [0.5, 0.6) is 0 Å². The van der Waals surface area contributed by atoms with Crippen LogP contribution in [0.25, 0.3) is 0 Å². The van der Waals surface area contributed by atoms with E-state index in [0.29, 0.717) is 0 Å². The summed E-state index contributed by atoms with van der Waals surface area (Å²) in [5, 5.41) is 9.21. The van der Waals surface area contributed by atoms with E-state index in [9.17, 15) is 5.11 Å². The molecule has 1 N–H and O–H groups in total. The lowest BCUT2D eigenvalue weighted by Gasteiger charge is -2.42. The highest BCUT2D eigenvalue weighted by molar-refractivity contribution is 5.38. The Labute approximate surface area is 103 Å². The van der Waals surface area contributed by atoms with Gasteiger partial charge in [-0.25, -0.2) is 0 Å². The van der Waals surface area contributed by atoms with Crippen LogP contribution in [0.1, 0.15) is 36.0 Å². The number of benzene rings is 1. The summed E-state index contributed by atoms with van der Waals surface area (Å²) in [6.45, 7) is 1.79. The lowest BCUT2D eigenvalue weighted by molar-refractivity contribution is -0.0701. The number of hydrogen-bond donors (Lipinski definition) is 1. The van der Waals surface area contributed by atoms with E-state index in [1.54, 1.807) is 0 Å². The number of aliphatic hydroxyl groups excluding tert-OH is 1. The highest BCUT2D eigenvalue weighted by Crippen LogP contribution is 2.37. The van der Waals surface area contributed by atoms with Crippen LogP contribution in [-0.4, -0.2) is 24.9 Å². The molecular formula is C15H20O2. The summed E-state index contributed by atoms with van der Waals surface area (Å²) in [6, 6.07) is 6.91. The smallest absolute Gasteiger partial charge is 0.0586 e. The second kappa shape index (κ2) is 4.43. The van der Waals surface area contributed by atoms with Crippen molar-refractivity contribution in [2.45, 2.75) is 37.5 Å². The third-order valence-corrected chi connectivity index (χ3v) is 4.31.